The van der Waals surface area contributed by atoms with Crippen molar-refractivity contribution < 1.29 is 23.9 Å². The summed E-state index contributed by atoms with van der Waals surface area (Å²) in [6, 6.07) is 5.45. The standard InChI is InChI=1S/C18H24ClNO5/c1-11(2)15(20-17(23)25-18(3,4)5)16(22)24-10-14(21)12-7-6-8-13(19)9-12/h6-9,11,15H,10H2,1-5H3,(H,20,23)/t15-/m1/s1. The second kappa shape index (κ2) is 8.85. The molecule has 7 heteroatoms. The Morgan fingerprint density at radius 2 is 1.84 bits per heavy atom. The van der Waals surface area contributed by atoms with Gasteiger partial charge in [0.2, 0.25) is 0 Å². The second-order valence-corrected chi connectivity index (χ2v) is 7.35. The zero-order valence-corrected chi connectivity index (χ0v) is 15.8. The lowest BCUT2D eigenvalue weighted by Gasteiger charge is -2.24. The summed E-state index contributed by atoms with van der Waals surface area (Å²) in [7, 11) is 0. The van der Waals surface area contributed by atoms with E-state index < -0.39 is 30.3 Å². The van der Waals surface area contributed by atoms with Crippen LogP contribution < -0.4 is 5.32 Å². The van der Waals surface area contributed by atoms with Gasteiger partial charge in [-0.05, 0) is 38.8 Å². The summed E-state index contributed by atoms with van der Waals surface area (Å²) < 4.78 is 10.2. The van der Waals surface area contributed by atoms with E-state index in [1.807, 2.05) is 0 Å². The molecule has 0 spiro atoms. The van der Waals surface area contributed by atoms with E-state index in [4.69, 9.17) is 21.1 Å². The van der Waals surface area contributed by atoms with E-state index in [0.29, 0.717) is 10.6 Å². The number of carbonyl (C=O) groups excluding carboxylic acids is 3. The maximum atomic E-state index is 12.2. The Balaban J connectivity index is 2.65. The number of ether oxygens (including phenoxy) is 2. The molecule has 0 heterocycles. The van der Waals surface area contributed by atoms with E-state index in [2.05, 4.69) is 5.32 Å². The number of amides is 1. The Labute approximate surface area is 152 Å². The van der Waals surface area contributed by atoms with Gasteiger partial charge in [0.25, 0.3) is 0 Å². The van der Waals surface area contributed by atoms with Crippen LogP contribution >= 0.6 is 11.6 Å². The van der Waals surface area contributed by atoms with Gasteiger partial charge in [-0.15, -0.1) is 0 Å². The molecule has 0 saturated carbocycles. The van der Waals surface area contributed by atoms with Crippen molar-refractivity contribution in [2.24, 2.45) is 5.92 Å². The van der Waals surface area contributed by atoms with Crippen LogP contribution in [0.2, 0.25) is 5.02 Å². The second-order valence-electron chi connectivity index (χ2n) is 6.91. The summed E-state index contributed by atoms with van der Waals surface area (Å²) in [6.07, 6.45) is -0.718. The summed E-state index contributed by atoms with van der Waals surface area (Å²) in [5.74, 6) is -1.31. The fourth-order valence-corrected chi connectivity index (χ4v) is 2.09. The van der Waals surface area contributed by atoms with E-state index in [9.17, 15) is 14.4 Å². The van der Waals surface area contributed by atoms with E-state index in [0.717, 1.165) is 0 Å². The molecule has 1 N–H and O–H groups in total. The van der Waals surface area contributed by atoms with Gasteiger partial charge in [0, 0.05) is 10.6 Å². The van der Waals surface area contributed by atoms with E-state index in [-0.39, 0.29) is 11.7 Å². The van der Waals surface area contributed by atoms with Crippen molar-refractivity contribution >= 4 is 29.4 Å². The Kier molecular flexibility index (Phi) is 7.42. The normalized spacial score (nSPS) is 12.4. The molecule has 0 unspecified atom stereocenters. The molecular formula is C18H24ClNO5. The molecular weight excluding hydrogens is 346 g/mol. The number of rotatable bonds is 6. The molecule has 0 aliphatic rings. The number of hydrogen-bond acceptors (Lipinski definition) is 5. The van der Waals surface area contributed by atoms with Crippen LogP contribution in [0.15, 0.2) is 24.3 Å². The smallest absolute Gasteiger partial charge is 0.408 e. The Hall–Kier alpha value is -2.08. The number of benzene rings is 1. The van der Waals surface area contributed by atoms with Gasteiger partial charge in [-0.3, -0.25) is 4.79 Å². The molecule has 1 atom stereocenters. The fourth-order valence-electron chi connectivity index (χ4n) is 1.90. The maximum Gasteiger partial charge on any atom is 0.408 e. The molecule has 0 aliphatic heterocycles. The topological polar surface area (TPSA) is 81.7 Å². The number of Topliss-reactive ketones (excluding diaryl/α,β-unsaturated/α-hetero) is 1. The highest BCUT2D eigenvalue weighted by molar-refractivity contribution is 6.31. The van der Waals surface area contributed by atoms with E-state index >= 15 is 0 Å². The monoisotopic (exact) mass is 369 g/mol. The molecule has 0 aromatic heterocycles. The minimum atomic E-state index is -0.915. The first-order chi connectivity index (χ1) is 11.5. The van der Waals surface area contributed by atoms with Gasteiger partial charge in [0.1, 0.15) is 11.6 Å². The van der Waals surface area contributed by atoms with Crippen LogP contribution in [0.3, 0.4) is 0 Å². The third-order valence-corrected chi connectivity index (χ3v) is 3.32. The maximum absolute atomic E-state index is 12.2. The van der Waals surface area contributed by atoms with Crippen molar-refractivity contribution in [3.63, 3.8) is 0 Å². The number of nitrogens with one attached hydrogen (secondary N) is 1. The Bertz CT molecular complexity index is 637. The van der Waals surface area contributed by atoms with Crippen molar-refractivity contribution in [3.05, 3.63) is 34.9 Å². The summed E-state index contributed by atoms with van der Waals surface area (Å²) in [6.45, 7) is 8.24. The molecule has 25 heavy (non-hydrogen) atoms. The van der Waals surface area contributed by atoms with Crippen molar-refractivity contribution in [3.8, 4) is 0 Å². The zero-order chi connectivity index (χ0) is 19.2. The minimum absolute atomic E-state index is 0.235. The highest BCUT2D eigenvalue weighted by Crippen LogP contribution is 2.12. The molecule has 0 saturated heterocycles. The summed E-state index contributed by atoms with van der Waals surface area (Å²) in [5, 5.41) is 2.90. The highest BCUT2D eigenvalue weighted by atomic mass is 35.5. The first-order valence-corrected chi connectivity index (χ1v) is 8.32. The lowest BCUT2D eigenvalue weighted by molar-refractivity contribution is -0.146. The number of alkyl carbamates (subject to hydrolysis) is 1. The predicted octanol–water partition coefficient (Wildman–Crippen LogP) is 3.62. The number of esters is 1. The van der Waals surface area contributed by atoms with Gasteiger partial charge >= 0.3 is 12.1 Å². The molecule has 1 amide bonds. The van der Waals surface area contributed by atoms with Crippen molar-refractivity contribution in [1.29, 1.82) is 0 Å². The van der Waals surface area contributed by atoms with Crippen LogP contribution in [0.4, 0.5) is 4.79 Å². The molecule has 1 rings (SSSR count). The van der Waals surface area contributed by atoms with Crippen LogP contribution in [0, 0.1) is 5.92 Å². The van der Waals surface area contributed by atoms with Gasteiger partial charge in [0.15, 0.2) is 12.4 Å². The van der Waals surface area contributed by atoms with Crippen LogP contribution in [-0.2, 0) is 14.3 Å². The molecule has 0 fully saturated rings. The average Bonchev–Trinajstić information content (AvgIpc) is 2.47. The third-order valence-electron chi connectivity index (χ3n) is 3.08. The van der Waals surface area contributed by atoms with Crippen LogP contribution in [0.5, 0.6) is 0 Å². The van der Waals surface area contributed by atoms with Gasteiger partial charge in [-0.2, -0.15) is 0 Å². The summed E-state index contributed by atoms with van der Waals surface area (Å²) >= 11 is 5.83. The van der Waals surface area contributed by atoms with Crippen LogP contribution in [-0.4, -0.2) is 36.1 Å². The SMILES string of the molecule is CC(C)[C@@H](NC(=O)OC(C)(C)C)C(=O)OCC(=O)c1cccc(Cl)c1. The summed E-state index contributed by atoms with van der Waals surface area (Å²) in [5.41, 5.74) is -0.334. The molecule has 138 valence electrons. The Morgan fingerprint density at radius 3 is 2.36 bits per heavy atom. The molecule has 6 nitrogen and oxygen atoms in total. The lowest BCUT2D eigenvalue weighted by Crippen LogP contribution is -2.47. The largest absolute Gasteiger partial charge is 0.456 e. The Morgan fingerprint density at radius 1 is 1.20 bits per heavy atom. The first-order valence-electron chi connectivity index (χ1n) is 7.94. The zero-order valence-electron chi connectivity index (χ0n) is 15.1. The summed E-state index contributed by atoms with van der Waals surface area (Å²) in [4.78, 5) is 36.1. The number of hydrogen-bond donors (Lipinski definition) is 1. The lowest BCUT2D eigenvalue weighted by atomic mass is 10.1. The van der Waals surface area contributed by atoms with Crippen LogP contribution in [0.1, 0.15) is 45.0 Å². The average molecular weight is 370 g/mol. The van der Waals surface area contributed by atoms with Gasteiger partial charge in [0.05, 0.1) is 0 Å². The van der Waals surface area contributed by atoms with Gasteiger partial charge < -0.3 is 14.8 Å². The van der Waals surface area contributed by atoms with Crippen molar-refractivity contribution in [1.82, 2.24) is 5.32 Å². The fraction of sp³-hybridized carbons (Fsp3) is 0.500. The molecule has 0 radical (unpaired) electrons. The number of halogens is 1. The van der Waals surface area contributed by atoms with Crippen LogP contribution in [0.25, 0.3) is 0 Å². The molecule has 0 aliphatic carbocycles. The predicted molar refractivity (Wildman–Crippen MR) is 94.7 cm³/mol. The molecule has 1 aromatic rings. The van der Waals surface area contributed by atoms with Crippen molar-refractivity contribution in [2.75, 3.05) is 6.61 Å². The molecule has 1 aromatic carbocycles. The minimum Gasteiger partial charge on any atom is -0.456 e. The van der Waals surface area contributed by atoms with E-state index in [1.165, 1.54) is 6.07 Å². The van der Waals surface area contributed by atoms with Crippen molar-refractivity contribution in [2.45, 2.75) is 46.3 Å². The number of carbonyl (C=O) groups is 3. The highest BCUT2D eigenvalue weighted by Gasteiger charge is 2.28. The number of ketones is 1. The quantitative estimate of drug-likeness (QED) is 0.611. The van der Waals surface area contributed by atoms with Gasteiger partial charge in [-0.1, -0.05) is 37.6 Å². The third kappa shape index (κ3) is 7.56. The molecule has 0 bridgehead atoms. The van der Waals surface area contributed by atoms with Gasteiger partial charge in [-0.25, -0.2) is 9.59 Å². The van der Waals surface area contributed by atoms with E-state index in [1.54, 1.807) is 52.8 Å². The first kappa shape index (κ1) is 21.0.